The van der Waals surface area contributed by atoms with Gasteiger partial charge in [0.05, 0.1) is 5.75 Å². The Kier molecular flexibility index (Phi) is 7.09. The number of allylic oxidation sites excluding steroid dienone is 1. The number of rotatable bonds is 6. The van der Waals surface area contributed by atoms with E-state index in [-0.39, 0.29) is 17.7 Å². The molecule has 1 N–H and O–H groups in total. The standard InChI is InChI=1S/C17H30N2O3S/c1-23(21,22)14-13-19-11-9-16(10-12-19)18-17(20)8-7-15-5-3-2-4-6-15/h7-8,15-16H,2-6,9-14H2,1H3,(H,18,20)/b8-7-. The first-order valence-corrected chi connectivity index (χ1v) is 10.9. The lowest BCUT2D eigenvalue weighted by Crippen LogP contribution is -2.45. The molecule has 1 heterocycles. The average Bonchev–Trinajstić information content (AvgIpc) is 2.53. The van der Waals surface area contributed by atoms with E-state index in [2.05, 4.69) is 16.3 Å². The molecule has 0 aromatic rings. The van der Waals surface area contributed by atoms with E-state index in [9.17, 15) is 13.2 Å². The minimum atomic E-state index is -2.89. The second-order valence-electron chi connectivity index (χ2n) is 7.01. The van der Waals surface area contributed by atoms with Crippen LogP contribution < -0.4 is 5.32 Å². The summed E-state index contributed by atoms with van der Waals surface area (Å²) in [6.07, 6.45) is 13.2. The molecule has 0 atom stereocenters. The van der Waals surface area contributed by atoms with Crippen LogP contribution in [0.25, 0.3) is 0 Å². The first-order valence-electron chi connectivity index (χ1n) is 8.81. The Morgan fingerprint density at radius 1 is 1.13 bits per heavy atom. The third-order valence-electron chi connectivity index (χ3n) is 4.88. The van der Waals surface area contributed by atoms with Crippen LogP contribution >= 0.6 is 0 Å². The van der Waals surface area contributed by atoms with Crippen molar-refractivity contribution < 1.29 is 13.2 Å². The number of carbonyl (C=O) groups is 1. The van der Waals surface area contributed by atoms with Crippen molar-refractivity contribution in [3.05, 3.63) is 12.2 Å². The van der Waals surface area contributed by atoms with Crippen LogP contribution in [0.1, 0.15) is 44.9 Å². The first kappa shape index (κ1) is 18.5. The second kappa shape index (κ2) is 8.83. The molecule has 0 radical (unpaired) electrons. The highest BCUT2D eigenvalue weighted by molar-refractivity contribution is 7.90. The first-order chi connectivity index (χ1) is 10.9. The van der Waals surface area contributed by atoms with Crippen LogP contribution in [0.15, 0.2) is 12.2 Å². The van der Waals surface area contributed by atoms with E-state index in [1.807, 2.05) is 0 Å². The fourth-order valence-corrected chi connectivity index (χ4v) is 3.99. The SMILES string of the molecule is CS(=O)(=O)CCN1CCC(NC(=O)/C=C\C2CCCCC2)CC1. The molecule has 6 heteroatoms. The molecule has 1 saturated heterocycles. The molecule has 0 aromatic heterocycles. The van der Waals surface area contributed by atoms with Gasteiger partial charge in [-0.1, -0.05) is 25.3 Å². The van der Waals surface area contributed by atoms with Crippen LogP contribution in [0.3, 0.4) is 0 Å². The third-order valence-corrected chi connectivity index (χ3v) is 5.81. The highest BCUT2D eigenvalue weighted by Gasteiger charge is 2.20. The van der Waals surface area contributed by atoms with Gasteiger partial charge in [0, 0.05) is 31.9 Å². The van der Waals surface area contributed by atoms with Gasteiger partial charge in [0.2, 0.25) is 5.91 Å². The number of nitrogens with zero attached hydrogens (tertiary/aromatic N) is 1. The summed E-state index contributed by atoms with van der Waals surface area (Å²) in [7, 11) is -2.89. The molecule has 2 aliphatic rings. The van der Waals surface area contributed by atoms with Crippen LogP contribution in [0.4, 0.5) is 0 Å². The fourth-order valence-electron chi connectivity index (χ4n) is 3.40. The summed E-state index contributed by atoms with van der Waals surface area (Å²) in [4.78, 5) is 14.2. The van der Waals surface area contributed by atoms with Gasteiger partial charge in [0.15, 0.2) is 0 Å². The Hall–Kier alpha value is -0.880. The van der Waals surface area contributed by atoms with Gasteiger partial charge in [-0.3, -0.25) is 4.79 Å². The van der Waals surface area contributed by atoms with Crippen LogP contribution in [0.5, 0.6) is 0 Å². The third kappa shape index (κ3) is 7.48. The maximum absolute atomic E-state index is 12.0. The fraction of sp³-hybridized carbons (Fsp3) is 0.824. The topological polar surface area (TPSA) is 66.5 Å². The molecular weight excluding hydrogens is 312 g/mol. The molecule has 1 amide bonds. The van der Waals surface area contributed by atoms with Crippen molar-refractivity contribution in [2.75, 3.05) is 31.6 Å². The lowest BCUT2D eigenvalue weighted by molar-refractivity contribution is -0.117. The number of sulfone groups is 1. The lowest BCUT2D eigenvalue weighted by Gasteiger charge is -2.31. The van der Waals surface area contributed by atoms with E-state index >= 15 is 0 Å². The Labute approximate surface area is 140 Å². The maximum atomic E-state index is 12.0. The molecule has 0 unspecified atom stereocenters. The molecule has 0 bridgehead atoms. The zero-order chi connectivity index (χ0) is 16.7. The lowest BCUT2D eigenvalue weighted by atomic mass is 9.89. The normalized spacial score (nSPS) is 22.5. The molecule has 1 saturated carbocycles. The van der Waals surface area contributed by atoms with Gasteiger partial charge in [0.1, 0.15) is 9.84 Å². The van der Waals surface area contributed by atoms with Crippen LogP contribution in [-0.4, -0.2) is 56.9 Å². The van der Waals surface area contributed by atoms with Crippen LogP contribution in [0, 0.1) is 5.92 Å². The van der Waals surface area contributed by atoms with Crippen molar-refractivity contribution in [1.82, 2.24) is 10.2 Å². The van der Waals surface area contributed by atoms with Crippen molar-refractivity contribution in [2.24, 2.45) is 5.92 Å². The number of nitrogens with one attached hydrogen (secondary N) is 1. The number of amides is 1. The number of hydrogen-bond donors (Lipinski definition) is 1. The van der Waals surface area contributed by atoms with Crippen LogP contribution in [0.2, 0.25) is 0 Å². The maximum Gasteiger partial charge on any atom is 0.243 e. The Morgan fingerprint density at radius 3 is 2.39 bits per heavy atom. The summed E-state index contributed by atoms with van der Waals surface area (Å²) in [6, 6.07) is 0.216. The van der Waals surface area contributed by atoms with Crippen molar-refractivity contribution in [3.8, 4) is 0 Å². The van der Waals surface area contributed by atoms with Gasteiger partial charge in [-0.15, -0.1) is 0 Å². The summed E-state index contributed by atoms with van der Waals surface area (Å²) in [6.45, 7) is 2.31. The molecule has 2 fully saturated rings. The molecule has 0 spiro atoms. The second-order valence-corrected chi connectivity index (χ2v) is 9.27. The zero-order valence-corrected chi connectivity index (χ0v) is 15.0. The number of carbonyl (C=O) groups excluding carboxylic acids is 1. The van der Waals surface area contributed by atoms with Gasteiger partial charge >= 0.3 is 0 Å². The summed E-state index contributed by atoms with van der Waals surface area (Å²) < 4.78 is 22.4. The molecule has 0 aromatic carbocycles. The van der Waals surface area contributed by atoms with E-state index in [4.69, 9.17) is 0 Å². The zero-order valence-electron chi connectivity index (χ0n) is 14.2. The van der Waals surface area contributed by atoms with Gasteiger partial charge in [0.25, 0.3) is 0 Å². The Morgan fingerprint density at radius 2 is 1.78 bits per heavy atom. The molecule has 23 heavy (non-hydrogen) atoms. The van der Waals surface area contributed by atoms with Gasteiger partial charge in [-0.05, 0) is 37.7 Å². The van der Waals surface area contributed by atoms with Crippen molar-refractivity contribution >= 4 is 15.7 Å². The molecular formula is C17H30N2O3S. The van der Waals surface area contributed by atoms with Gasteiger partial charge in [-0.25, -0.2) is 8.42 Å². The predicted molar refractivity (Wildman–Crippen MR) is 93.0 cm³/mol. The number of hydrogen-bond acceptors (Lipinski definition) is 4. The Balaban J connectivity index is 1.65. The minimum Gasteiger partial charge on any atom is -0.350 e. The van der Waals surface area contributed by atoms with Crippen molar-refractivity contribution in [3.63, 3.8) is 0 Å². The van der Waals surface area contributed by atoms with E-state index in [0.717, 1.165) is 25.9 Å². The van der Waals surface area contributed by atoms with Crippen molar-refractivity contribution in [2.45, 2.75) is 51.0 Å². The van der Waals surface area contributed by atoms with Crippen molar-refractivity contribution in [1.29, 1.82) is 0 Å². The quantitative estimate of drug-likeness (QED) is 0.747. The van der Waals surface area contributed by atoms with E-state index in [0.29, 0.717) is 12.5 Å². The monoisotopic (exact) mass is 342 g/mol. The molecule has 1 aliphatic heterocycles. The molecule has 2 rings (SSSR count). The highest BCUT2D eigenvalue weighted by atomic mass is 32.2. The summed E-state index contributed by atoms with van der Waals surface area (Å²) >= 11 is 0. The van der Waals surface area contributed by atoms with E-state index in [1.54, 1.807) is 6.08 Å². The van der Waals surface area contributed by atoms with Crippen LogP contribution in [-0.2, 0) is 14.6 Å². The van der Waals surface area contributed by atoms with Gasteiger partial charge in [-0.2, -0.15) is 0 Å². The predicted octanol–water partition coefficient (Wildman–Crippen LogP) is 1.75. The summed E-state index contributed by atoms with van der Waals surface area (Å²) in [5, 5.41) is 3.08. The highest BCUT2D eigenvalue weighted by Crippen LogP contribution is 2.24. The number of piperidine rings is 1. The average molecular weight is 343 g/mol. The number of likely N-dealkylation sites (tertiary alicyclic amines) is 1. The molecule has 5 nitrogen and oxygen atoms in total. The van der Waals surface area contributed by atoms with E-state index in [1.165, 1.54) is 38.4 Å². The summed E-state index contributed by atoms with van der Waals surface area (Å²) in [5.74, 6) is 0.811. The smallest absolute Gasteiger partial charge is 0.243 e. The molecule has 1 aliphatic carbocycles. The summed E-state index contributed by atoms with van der Waals surface area (Å²) in [5.41, 5.74) is 0. The Bertz CT molecular complexity index is 502. The largest absolute Gasteiger partial charge is 0.350 e. The van der Waals surface area contributed by atoms with Gasteiger partial charge < -0.3 is 10.2 Å². The minimum absolute atomic E-state index is 0.0187. The molecule has 132 valence electrons. The van der Waals surface area contributed by atoms with E-state index < -0.39 is 9.84 Å².